The van der Waals surface area contributed by atoms with Gasteiger partial charge in [0.25, 0.3) is 0 Å². The maximum Gasteiger partial charge on any atom is 0.193 e. The first-order valence-corrected chi connectivity index (χ1v) is 5.08. The Morgan fingerprint density at radius 3 is 2.31 bits per heavy atom. The van der Waals surface area contributed by atoms with Crippen molar-refractivity contribution >= 4 is 11.8 Å². The van der Waals surface area contributed by atoms with Crippen LogP contribution in [0.4, 0.5) is 0 Å². The van der Waals surface area contributed by atoms with Crippen molar-refractivity contribution in [3.8, 4) is 11.5 Å². The van der Waals surface area contributed by atoms with Gasteiger partial charge in [0.1, 0.15) is 5.03 Å². The minimum atomic E-state index is 0.718. The molecule has 4 heteroatoms. The first kappa shape index (κ1) is 10.2. The molecule has 0 fully saturated rings. The molecule has 0 aromatic carbocycles. The lowest BCUT2D eigenvalue weighted by atomic mass is 10.3. The molecule has 0 aliphatic carbocycles. The molecule has 0 spiro atoms. The van der Waals surface area contributed by atoms with Crippen molar-refractivity contribution in [3.05, 3.63) is 11.8 Å². The van der Waals surface area contributed by atoms with E-state index in [1.165, 1.54) is 0 Å². The van der Waals surface area contributed by atoms with Crippen LogP contribution in [0.5, 0.6) is 11.5 Å². The Morgan fingerprint density at radius 1 is 1.23 bits per heavy atom. The molecule has 1 heterocycles. The fourth-order valence-corrected chi connectivity index (χ4v) is 1.65. The van der Waals surface area contributed by atoms with Crippen LogP contribution in [0, 0.1) is 6.92 Å². The van der Waals surface area contributed by atoms with Crippen LogP contribution < -0.4 is 9.47 Å². The van der Waals surface area contributed by atoms with Gasteiger partial charge >= 0.3 is 0 Å². The molecule has 0 aliphatic heterocycles. The van der Waals surface area contributed by atoms with Gasteiger partial charge in [0.15, 0.2) is 11.5 Å². The molecule has 0 atom stereocenters. The van der Waals surface area contributed by atoms with Gasteiger partial charge in [0, 0.05) is 11.8 Å². The molecule has 0 radical (unpaired) electrons. The monoisotopic (exact) mass is 199 g/mol. The predicted molar refractivity (Wildman–Crippen MR) is 53.9 cm³/mol. The molecule has 0 unspecified atom stereocenters. The molecule has 0 N–H and O–H groups in total. The van der Waals surface area contributed by atoms with E-state index in [9.17, 15) is 0 Å². The van der Waals surface area contributed by atoms with Gasteiger partial charge in [-0.3, -0.25) is 0 Å². The summed E-state index contributed by atoms with van der Waals surface area (Å²) in [5.74, 6) is 1.48. The summed E-state index contributed by atoms with van der Waals surface area (Å²) in [5, 5.41) is 0.852. The summed E-state index contributed by atoms with van der Waals surface area (Å²) in [6.45, 7) is 1.94. The molecule has 0 amide bonds. The smallest absolute Gasteiger partial charge is 0.193 e. The quantitative estimate of drug-likeness (QED) is 0.698. The van der Waals surface area contributed by atoms with Gasteiger partial charge in [-0.1, -0.05) is 0 Å². The van der Waals surface area contributed by atoms with Crippen molar-refractivity contribution in [3.63, 3.8) is 0 Å². The van der Waals surface area contributed by atoms with Gasteiger partial charge < -0.3 is 9.47 Å². The second kappa shape index (κ2) is 4.37. The summed E-state index contributed by atoms with van der Waals surface area (Å²) in [7, 11) is 3.26. The van der Waals surface area contributed by atoms with Gasteiger partial charge in [-0.2, -0.15) is 0 Å². The lowest BCUT2D eigenvalue weighted by molar-refractivity contribution is 0.342. The average Bonchev–Trinajstić information content (AvgIpc) is 2.17. The average molecular weight is 199 g/mol. The highest BCUT2D eigenvalue weighted by atomic mass is 32.2. The van der Waals surface area contributed by atoms with E-state index in [1.807, 2.05) is 13.2 Å². The van der Waals surface area contributed by atoms with Crippen LogP contribution >= 0.6 is 11.8 Å². The lowest BCUT2D eigenvalue weighted by Crippen LogP contribution is -1.96. The van der Waals surface area contributed by atoms with Gasteiger partial charge in [0.2, 0.25) is 0 Å². The van der Waals surface area contributed by atoms with E-state index in [0.717, 1.165) is 22.1 Å². The highest BCUT2D eigenvalue weighted by Gasteiger charge is 2.12. The van der Waals surface area contributed by atoms with Crippen LogP contribution in [-0.2, 0) is 0 Å². The molecule has 13 heavy (non-hydrogen) atoms. The number of aromatic nitrogens is 1. The molecule has 72 valence electrons. The highest BCUT2D eigenvalue weighted by Crippen LogP contribution is 2.36. The van der Waals surface area contributed by atoms with Crippen molar-refractivity contribution in [1.29, 1.82) is 0 Å². The van der Waals surface area contributed by atoms with E-state index >= 15 is 0 Å². The number of hydrogen-bond acceptors (Lipinski definition) is 4. The minimum absolute atomic E-state index is 0.718. The van der Waals surface area contributed by atoms with Crippen LogP contribution in [0.2, 0.25) is 0 Å². The zero-order valence-corrected chi connectivity index (χ0v) is 9.07. The van der Waals surface area contributed by atoms with Crippen LogP contribution in [0.3, 0.4) is 0 Å². The highest BCUT2D eigenvalue weighted by molar-refractivity contribution is 7.98. The third-order valence-corrected chi connectivity index (χ3v) is 2.41. The van der Waals surface area contributed by atoms with E-state index in [0.29, 0.717) is 0 Å². The van der Waals surface area contributed by atoms with E-state index in [2.05, 4.69) is 4.98 Å². The maximum absolute atomic E-state index is 5.23. The number of nitrogens with zero attached hydrogens (tertiary/aromatic N) is 1. The van der Waals surface area contributed by atoms with Gasteiger partial charge in [0.05, 0.1) is 14.2 Å². The SMILES string of the molecule is COc1c(C)cnc(SC)c1OC. The molecule has 0 saturated heterocycles. The Hall–Kier alpha value is -0.900. The summed E-state index contributed by atoms with van der Waals surface area (Å²) in [5.41, 5.74) is 0.983. The standard InChI is InChI=1S/C9H13NO2S/c1-6-5-10-9(13-4)8(12-3)7(6)11-2/h5H,1-4H3. The van der Waals surface area contributed by atoms with E-state index in [4.69, 9.17) is 9.47 Å². The molecular formula is C9H13NO2S. The third kappa shape index (κ3) is 1.88. The van der Waals surface area contributed by atoms with E-state index in [1.54, 1.807) is 32.2 Å². The van der Waals surface area contributed by atoms with Crippen molar-refractivity contribution in [2.75, 3.05) is 20.5 Å². The zero-order valence-electron chi connectivity index (χ0n) is 8.25. The molecule has 3 nitrogen and oxygen atoms in total. The topological polar surface area (TPSA) is 31.4 Å². The van der Waals surface area contributed by atoms with Gasteiger partial charge in [-0.25, -0.2) is 4.98 Å². The van der Waals surface area contributed by atoms with Crippen LogP contribution in [0.25, 0.3) is 0 Å². The number of aryl methyl sites for hydroxylation is 1. The van der Waals surface area contributed by atoms with Crippen molar-refractivity contribution in [2.24, 2.45) is 0 Å². The Bertz CT molecular complexity index is 302. The predicted octanol–water partition coefficient (Wildman–Crippen LogP) is 2.13. The number of rotatable bonds is 3. The fourth-order valence-electron chi connectivity index (χ4n) is 1.13. The van der Waals surface area contributed by atoms with E-state index in [-0.39, 0.29) is 0 Å². The number of methoxy groups -OCH3 is 2. The molecular weight excluding hydrogens is 186 g/mol. The van der Waals surface area contributed by atoms with Crippen LogP contribution in [0.1, 0.15) is 5.56 Å². The molecule has 0 bridgehead atoms. The van der Waals surface area contributed by atoms with Crippen molar-refractivity contribution < 1.29 is 9.47 Å². The zero-order chi connectivity index (χ0) is 9.84. The largest absolute Gasteiger partial charge is 0.492 e. The van der Waals surface area contributed by atoms with Gasteiger partial charge in [-0.15, -0.1) is 11.8 Å². The molecule has 1 aromatic heterocycles. The first-order chi connectivity index (χ1) is 6.24. The Kier molecular flexibility index (Phi) is 3.42. The summed E-state index contributed by atoms with van der Waals surface area (Å²) < 4.78 is 10.5. The number of hydrogen-bond donors (Lipinski definition) is 0. The molecule has 1 rings (SSSR count). The van der Waals surface area contributed by atoms with Crippen molar-refractivity contribution in [1.82, 2.24) is 4.98 Å². The number of pyridine rings is 1. The Labute approximate surface area is 82.5 Å². The second-order valence-electron chi connectivity index (χ2n) is 2.52. The lowest BCUT2D eigenvalue weighted by Gasteiger charge is -2.12. The van der Waals surface area contributed by atoms with Crippen LogP contribution in [-0.4, -0.2) is 25.5 Å². The van der Waals surface area contributed by atoms with Crippen LogP contribution in [0.15, 0.2) is 11.2 Å². The fraction of sp³-hybridized carbons (Fsp3) is 0.444. The van der Waals surface area contributed by atoms with E-state index < -0.39 is 0 Å². The summed E-state index contributed by atoms with van der Waals surface area (Å²) in [6.07, 6.45) is 3.74. The first-order valence-electron chi connectivity index (χ1n) is 3.86. The summed E-state index contributed by atoms with van der Waals surface area (Å²) in [6, 6.07) is 0. The number of thioether (sulfide) groups is 1. The minimum Gasteiger partial charge on any atom is -0.492 e. The van der Waals surface area contributed by atoms with Gasteiger partial charge in [-0.05, 0) is 13.2 Å². The summed E-state index contributed by atoms with van der Waals surface area (Å²) >= 11 is 1.54. The third-order valence-electron chi connectivity index (χ3n) is 1.74. The Balaban J connectivity index is 3.27. The molecule has 0 saturated carbocycles. The Morgan fingerprint density at radius 2 is 1.85 bits per heavy atom. The van der Waals surface area contributed by atoms with Crippen molar-refractivity contribution in [2.45, 2.75) is 11.9 Å². The number of ether oxygens (including phenoxy) is 2. The molecule has 0 aliphatic rings. The maximum atomic E-state index is 5.23. The normalized spacial score (nSPS) is 9.85. The second-order valence-corrected chi connectivity index (χ2v) is 3.31. The summed E-state index contributed by atoms with van der Waals surface area (Å²) in [4.78, 5) is 4.23. The molecule has 1 aromatic rings.